The summed E-state index contributed by atoms with van der Waals surface area (Å²) in [5.74, 6) is 0. The lowest BCUT2D eigenvalue weighted by Crippen LogP contribution is -1.92. The van der Waals surface area contributed by atoms with E-state index in [1.165, 1.54) is 0 Å². The molecule has 0 aliphatic heterocycles. The van der Waals surface area contributed by atoms with Crippen LogP contribution in [0.3, 0.4) is 0 Å². The fourth-order valence-electron chi connectivity index (χ4n) is 6.54. The first kappa shape index (κ1) is 18.7. The summed E-state index contributed by atoms with van der Waals surface area (Å²) in [4.78, 5) is 0. The maximum Gasteiger partial charge on any atom is 0.136 e. The first-order chi connectivity index (χ1) is 23.8. The van der Waals surface area contributed by atoms with Crippen LogP contribution in [-0.2, 0) is 0 Å². The van der Waals surface area contributed by atoms with Gasteiger partial charge in [0.1, 0.15) is 11.2 Å². The Balaban J connectivity index is 1.45. The molecule has 200 valence electrons. The Kier molecular flexibility index (Phi) is 4.11. The fourth-order valence-corrected chi connectivity index (χ4v) is 6.54. The van der Waals surface area contributed by atoms with Gasteiger partial charge in [-0.1, -0.05) is 139 Å². The molecular weight excluding hydrogens is 520 g/mol. The minimum absolute atomic E-state index is 0.0914. The summed E-state index contributed by atoms with van der Waals surface area (Å²) in [6.07, 6.45) is 0. The predicted molar refractivity (Wildman–Crippen MR) is 183 cm³/mol. The summed E-state index contributed by atoms with van der Waals surface area (Å²) in [6.45, 7) is 0. The van der Waals surface area contributed by atoms with Crippen LogP contribution in [0.4, 0.5) is 0 Å². The topological polar surface area (TPSA) is 13.1 Å². The van der Waals surface area contributed by atoms with E-state index >= 15 is 0 Å². The molecule has 0 bridgehead atoms. The largest absolute Gasteiger partial charge is 0.456 e. The van der Waals surface area contributed by atoms with E-state index in [9.17, 15) is 4.11 Å². The number of furan rings is 1. The fraction of sp³-hybridized carbons (Fsp3) is 0. The van der Waals surface area contributed by atoms with Crippen molar-refractivity contribution < 1.29 is 12.6 Å². The molecule has 1 aromatic heterocycles. The average Bonchev–Trinajstić information content (AvgIpc) is 3.51. The third-order valence-corrected chi connectivity index (χ3v) is 8.41. The van der Waals surface area contributed by atoms with Crippen LogP contribution in [0.15, 0.2) is 162 Å². The van der Waals surface area contributed by atoms with E-state index in [1.807, 2.05) is 97.1 Å². The molecule has 0 fully saturated rings. The van der Waals surface area contributed by atoms with Crippen LogP contribution in [0, 0.1) is 0 Å². The van der Waals surface area contributed by atoms with Crippen molar-refractivity contribution in [3.8, 4) is 33.4 Å². The second-order valence-electron chi connectivity index (χ2n) is 10.8. The molecule has 0 radical (unpaired) electrons. The van der Waals surface area contributed by atoms with Crippen molar-refractivity contribution in [2.24, 2.45) is 0 Å². The average molecular weight is 553 g/mol. The summed E-state index contributed by atoms with van der Waals surface area (Å²) in [5, 5.41) is 6.02. The Bertz CT molecular complexity index is 2780. The number of hydrogen-bond donors (Lipinski definition) is 0. The third kappa shape index (κ3) is 3.65. The molecule has 0 amide bonds. The Labute approximate surface area is 257 Å². The van der Waals surface area contributed by atoms with Gasteiger partial charge in [-0.3, -0.25) is 0 Å². The van der Waals surface area contributed by atoms with Gasteiger partial charge in [0.15, 0.2) is 0 Å². The highest BCUT2D eigenvalue weighted by Crippen LogP contribution is 2.47. The highest BCUT2D eigenvalue weighted by atomic mass is 16.3. The zero-order chi connectivity index (χ0) is 33.6. The quantitative estimate of drug-likeness (QED) is 0.199. The molecule has 43 heavy (non-hydrogen) atoms. The molecular formula is C42H26O. The molecule has 0 aliphatic carbocycles. The molecule has 8 aromatic carbocycles. The Hall–Kier alpha value is -5.66. The number of para-hydroxylation sites is 1. The molecule has 0 N–H and O–H groups in total. The van der Waals surface area contributed by atoms with Crippen LogP contribution >= 0.6 is 0 Å². The molecule has 0 saturated carbocycles. The van der Waals surface area contributed by atoms with Crippen molar-refractivity contribution in [1.29, 1.82) is 0 Å². The molecule has 1 heterocycles. The van der Waals surface area contributed by atoms with Crippen LogP contribution in [0.2, 0.25) is 0 Å². The van der Waals surface area contributed by atoms with E-state index in [2.05, 4.69) is 24.3 Å². The summed E-state index contributed by atoms with van der Waals surface area (Å²) in [6, 6.07) is 37.9. The van der Waals surface area contributed by atoms with Crippen molar-refractivity contribution >= 4 is 54.3 Å². The van der Waals surface area contributed by atoms with Crippen LogP contribution in [0.5, 0.6) is 0 Å². The van der Waals surface area contributed by atoms with Crippen LogP contribution < -0.4 is 0 Å². The lowest BCUT2D eigenvalue weighted by molar-refractivity contribution is 0.669. The number of hydrogen-bond acceptors (Lipinski definition) is 1. The highest BCUT2D eigenvalue weighted by Gasteiger charge is 2.19. The van der Waals surface area contributed by atoms with Gasteiger partial charge in [0, 0.05) is 10.8 Å². The smallest absolute Gasteiger partial charge is 0.136 e. The van der Waals surface area contributed by atoms with E-state index < -0.39 is 0 Å². The van der Waals surface area contributed by atoms with Crippen molar-refractivity contribution in [3.05, 3.63) is 158 Å². The van der Waals surface area contributed by atoms with Gasteiger partial charge in [-0.2, -0.15) is 0 Å². The third-order valence-electron chi connectivity index (χ3n) is 8.41. The molecule has 1 nitrogen and oxygen atoms in total. The lowest BCUT2D eigenvalue weighted by Gasteiger charge is -2.19. The first-order valence-corrected chi connectivity index (χ1v) is 14.3. The Morgan fingerprint density at radius 1 is 0.372 bits per heavy atom. The Morgan fingerprint density at radius 2 is 0.907 bits per heavy atom. The van der Waals surface area contributed by atoms with E-state index in [-0.39, 0.29) is 47.0 Å². The highest BCUT2D eigenvalue weighted by molar-refractivity contribution is 6.24. The molecule has 9 aromatic rings. The van der Waals surface area contributed by atoms with Gasteiger partial charge in [-0.15, -0.1) is 0 Å². The molecule has 0 atom stereocenters. The lowest BCUT2D eigenvalue weighted by atomic mass is 9.83. The van der Waals surface area contributed by atoms with E-state index in [4.69, 9.17) is 8.53 Å². The molecule has 0 unspecified atom stereocenters. The summed E-state index contributed by atoms with van der Waals surface area (Å²) in [5.41, 5.74) is 5.47. The van der Waals surface area contributed by atoms with E-state index in [0.717, 1.165) is 54.6 Å². The summed E-state index contributed by atoms with van der Waals surface area (Å²) >= 11 is 0. The zero-order valence-electron chi connectivity index (χ0n) is 29.0. The first-order valence-electron chi connectivity index (χ1n) is 17.3. The van der Waals surface area contributed by atoms with Crippen molar-refractivity contribution in [2.75, 3.05) is 0 Å². The normalized spacial score (nSPS) is 13.7. The van der Waals surface area contributed by atoms with Gasteiger partial charge in [-0.05, 0) is 83.9 Å². The zero-order valence-corrected chi connectivity index (χ0v) is 23.0. The standard InChI is InChI=1S/C42H26O/c1-2-12-27(13-3-1)29-24-25-38(31-15-5-4-14-30(29)31)42-36-19-8-6-17-34(36)41(35-18-7-9-20-37(35)42)28-22-23-33-32-16-10-11-21-39(32)43-40(33)26-28/h1-26H/i4D,5D,14D,15D,24D,25D. The maximum atomic E-state index is 9.56. The SMILES string of the molecule is [2H]c1c([2H])c([2H])c2c(-c3c4ccccc4c(-c4ccc5c(c4)oc4ccccc45)c4ccccc34)c([2H])c([2H])c(-c3ccccc3)c2c1[2H]. The predicted octanol–water partition coefficient (Wildman–Crippen LogP) is 12.0. The van der Waals surface area contributed by atoms with Gasteiger partial charge in [0.2, 0.25) is 0 Å². The monoisotopic (exact) mass is 552 g/mol. The maximum absolute atomic E-state index is 9.56. The number of benzene rings is 8. The minimum Gasteiger partial charge on any atom is -0.456 e. The van der Waals surface area contributed by atoms with Crippen molar-refractivity contribution in [1.82, 2.24) is 0 Å². The van der Waals surface area contributed by atoms with E-state index in [0.29, 0.717) is 22.3 Å². The summed E-state index contributed by atoms with van der Waals surface area (Å²) in [7, 11) is 0. The van der Waals surface area contributed by atoms with Gasteiger partial charge in [0.25, 0.3) is 0 Å². The van der Waals surface area contributed by atoms with Gasteiger partial charge >= 0.3 is 0 Å². The van der Waals surface area contributed by atoms with Crippen LogP contribution in [-0.4, -0.2) is 0 Å². The van der Waals surface area contributed by atoms with Gasteiger partial charge < -0.3 is 4.42 Å². The molecule has 9 rings (SSSR count). The van der Waals surface area contributed by atoms with Gasteiger partial charge in [-0.25, -0.2) is 0 Å². The number of fused-ring (bicyclic) bond motifs is 6. The molecule has 0 aliphatic rings. The minimum atomic E-state index is -0.376. The second-order valence-corrected chi connectivity index (χ2v) is 10.8. The van der Waals surface area contributed by atoms with Crippen LogP contribution in [0.1, 0.15) is 8.22 Å². The molecule has 1 heteroatoms. The number of rotatable bonds is 3. The van der Waals surface area contributed by atoms with E-state index in [1.54, 1.807) is 0 Å². The molecule has 0 spiro atoms. The van der Waals surface area contributed by atoms with Crippen LogP contribution in [0.25, 0.3) is 87.6 Å². The van der Waals surface area contributed by atoms with Gasteiger partial charge in [0.05, 0.1) is 8.22 Å². The molecule has 0 saturated heterocycles. The Morgan fingerprint density at radius 3 is 1.60 bits per heavy atom. The van der Waals surface area contributed by atoms with Crippen molar-refractivity contribution in [3.63, 3.8) is 0 Å². The van der Waals surface area contributed by atoms with Crippen molar-refractivity contribution in [2.45, 2.75) is 0 Å². The second kappa shape index (κ2) is 9.44. The summed E-state index contributed by atoms with van der Waals surface area (Å²) < 4.78 is 60.8.